The number of nitrogens with zero attached hydrogens (tertiary/aromatic N) is 1. The molecule has 122 valence electrons. The van der Waals surface area contributed by atoms with E-state index < -0.39 is 0 Å². The van der Waals surface area contributed by atoms with E-state index >= 15 is 0 Å². The summed E-state index contributed by atoms with van der Waals surface area (Å²) in [5.41, 5.74) is 3.45. The van der Waals surface area contributed by atoms with Gasteiger partial charge in [-0.15, -0.1) is 0 Å². The van der Waals surface area contributed by atoms with Crippen LogP contribution in [0.1, 0.15) is 47.9 Å². The minimum atomic E-state index is -0.277. The Morgan fingerprint density at radius 2 is 1.79 bits per heavy atom. The van der Waals surface area contributed by atoms with Gasteiger partial charge in [-0.2, -0.15) is 0 Å². The Hall–Kier alpha value is -2.42. The quantitative estimate of drug-likeness (QED) is 0.909. The van der Waals surface area contributed by atoms with Gasteiger partial charge in [-0.25, -0.2) is 0 Å². The van der Waals surface area contributed by atoms with Gasteiger partial charge in [0, 0.05) is 6.21 Å². The number of rotatable bonds is 4. The van der Waals surface area contributed by atoms with Crippen LogP contribution >= 0.6 is 0 Å². The van der Waals surface area contributed by atoms with Crippen molar-refractivity contribution in [3.05, 3.63) is 71.3 Å². The highest BCUT2D eigenvalue weighted by atomic mass is 16.2. The van der Waals surface area contributed by atoms with Crippen LogP contribution in [-0.4, -0.2) is 12.1 Å². The Balaban J connectivity index is 1.57. The predicted octanol–water partition coefficient (Wildman–Crippen LogP) is 4.01. The van der Waals surface area contributed by atoms with Gasteiger partial charge in [0.1, 0.15) is 0 Å². The smallest absolute Gasteiger partial charge is 0.233 e. The van der Waals surface area contributed by atoms with E-state index in [9.17, 15) is 4.79 Å². The monoisotopic (exact) mass is 318 g/mol. The molecule has 2 aliphatic rings. The summed E-state index contributed by atoms with van der Waals surface area (Å²) in [4.78, 5) is 17.4. The van der Waals surface area contributed by atoms with E-state index in [0.29, 0.717) is 12.5 Å². The molecule has 1 aliphatic carbocycles. The van der Waals surface area contributed by atoms with E-state index in [1.807, 2.05) is 36.4 Å². The van der Waals surface area contributed by atoms with Gasteiger partial charge in [-0.3, -0.25) is 9.79 Å². The van der Waals surface area contributed by atoms with E-state index in [4.69, 9.17) is 0 Å². The fraction of sp³-hybridized carbons (Fsp3) is 0.333. The summed E-state index contributed by atoms with van der Waals surface area (Å²) in [6.45, 7) is 0.671. The van der Waals surface area contributed by atoms with Crippen LogP contribution in [0.2, 0.25) is 0 Å². The van der Waals surface area contributed by atoms with Crippen molar-refractivity contribution in [2.24, 2.45) is 10.9 Å². The molecule has 1 amide bonds. The van der Waals surface area contributed by atoms with Crippen molar-refractivity contribution in [1.82, 2.24) is 5.32 Å². The number of nitrogens with one attached hydrogen (secondary N) is 1. The van der Waals surface area contributed by atoms with E-state index in [0.717, 1.165) is 11.1 Å². The summed E-state index contributed by atoms with van der Waals surface area (Å²) in [6.07, 6.45) is 5.45. The first kappa shape index (κ1) is 15.1. The summed E-state index contributed by atoms with van der Waals surface area (Å²) >= 11 is 0. The topological polar surface area (TPSA) is 41.5 Å². The van der Waals surface area contributed by atoms with Crippen LogP contribution in [0.4, 0.5) is 0 Å². The molecular weight excluding hydrogens is 296 g/mol. The molecule has 2 aromatic carbocycles. The van der Waals surface area contributed by atoms with Gasteiger partial charge in [-0.05, 0) is 35.4 Å². The zero-order valence-corrected chi connectivity index (χ0v) is 13.7. The summed E-state index contributed by atoms with van der Waals surface area (Å²) in [5.74, 6) is 0.333. The zero-order valence-electron chi connectivity index (χ0n) is 13.7. The van der Waals surface area contributed by atoms with Crippen LogP contribution in [0.5, 0.6) is 0 Å². The maximum absolute atomic E-state index is 13.0. The molecule has 1 N–H and O–H groups in total. The molecular formula is C21H22N2O. The maximum atomic E-state index is 13.0. The second-order valence-electron chi connectivity index (χ2n) is 6.75. The number of hydrogen-bond acceptors (Lipinski definition) is 2. The van der Waals surface area contributed by atoms with Crippen LogP contribution in [-0.2, 0) is 11.3 Å². The molecule has 0 saturated heterocycles. The molecule has 1 aliphatic heterocycles. The molecule has 24 heavy (non-hydrogen) atoms. The molecule has 0 spiro atoms. The van der Waals surface area contributed by atoms with E-state index in [1.54, 1.807) is 6.21 Å². The lowest BCUT2D eigenvalue weighted by Crippen LogP contribution is -2.39. The molecule has 4 rings (SSSR count). The normalized spacial score (nSPS) is 20.8. The number of fused-ring (bicyclic) bond motifs is 1. The van der Waals surface area contributed by atoms with Crippen molar-refractivity contribution in [2.45, 2.75) is 37.8 Å². The van der Waals surface area contributed by atoms with Crippen LogP contribution in [0, 0.1) is 5.92 Å². The molecule has 2 atom stereocenters. The van der Waals surface area contributed by atoms with Crippen molar-refractivity contribution in [1.29, 1.82) is 0 Å². The minimum absolute atomic E-state index is 0.0617. The molecule has 1 saturated carbocycles. The third kappa shape index (κ3) is 2.86. The SMILES string of the molecule is O=C(N[C@H](c1ccccc1)C1CCC1)C1C=NCc2ccccc21. The Labute approximate surface area is 142 Å². The maximum Gasteiger partial charge on any atom is 0.233 e. The van der Waals surface area contributed by atoms with Gasteiger partial charge in [0.05, 0.1) is 18.5 Å². The minimum Gasteiger partial charge on any atom is -0.348 e. The first-order chi connectivity index (χ1) is 11.8. The molecule has 0 aromatic heterocycles. The largest absolute Gasteiger partial charge is 0.348 e. The predicted molar refractivity (Wildman–Crippen MR) is 96.0 cm³/mol. The highest BCUT2D eigenvalue weighted by Gasteiger charge is 2.32. The number of amides is 1. The molecule has 0 radical (unpaired) electrons. The van der Waals surface area contributed by atoms with E-state index in [2.05, 4.69) is 28.5 Å². The molecule has 2 aromatic rings. The lowest BCUT2D eigenvalue weighted by Gasteiger charge is -2.35. The van der Waals surface area contributed by atoms with Gasteiger partial charge < -0.3 is 5.32 Å². The first-order valence-electron chi connectivity index (χ1n) is 8.76. The standard InChI is InChI=1S/C21H22N2O/c24-21(19-14-22-13-17-9-4-5-12-18(17)19)23-20(16-10-6-11-16)15-7-2-1-3-8-15/h1-5,7-9,12,14,16,19-20H,6,10-11,13H2,(H,23,24)/t19?,20-/m1/s1. The Kier molecular flexibility index (Phi) is 4.16. The fourth-order valence-corrected chi connectivity index (χ4v) is 3.68. The summed E-state index contributed by atoms with van der Waals surface area (Å²) < 4.78 is 0. The number of carbonyl (C=O) groups excluding carboxylic acids is 1. The van der Waals surface area contributed by atoms with E-state index in [-0.39, 0.29) is 17.9 Å². The molecule has 1 unspecified atom stereocenters. The van der Waals surface area contributed by atoms with Crippen LogP contribution < -0.4 is 5.32 Å². The van der Waals surface area contributed by atoms with Crippen LogP contribution in [0.25, 0.3) is 0 Å². The fourth-order valence-electron chi connectivity index (χ4n) is 3.68. The summed E-state index contributed by atoms with van der Waals surface area (Å²) in [5, 5.41) is 3.32. The Bertz CT molecular complexity index is 749. The lowest BCUT2D eigenvalue weighted by molar-refractivity contribution is -0.122. The Morgan fingerprint density at radius 3 is 2.54 bits per heavy atom. The van der Waals surface area contributed by atoms with Gasteiger partial charge in [0.25, 0.3) is 0 Å². The Morgan fingerprint density at radius 1 is 1.04 bits per heavy atom. The van der Waals surface area contributed by atoms with Crippen molar-refractivity contribution in [3.8, 4) is 0 Å². The average Bonchev–Trinajstić information content (AvgIpc) is 2.60. The highest BCUT2D eigenvalue weighted by molar-refractivity contribution is 6.00. The lowest BCUT2D eigenvalue weighted by atomic mass is 9.77. The van der Waals surface area contributed by atoms with Crippen molar-refractivity contribution < 1.29 is 4.79 Å². The van der Waals surface area contributed by atoms with Crippen molar-refractivity contribution in [3.63, 3.8) is 0 Å². The highest BCUT2D eigenvalue weighted by Crippen LogP contribution is 2.38. The zero-order chi connectivity index (χ0) is 16.4. The summed E-state index contributed by atoms with van der Waals surface area (Å²) in [7, 11) is 0. The number of benzene rings is 2. The van der Waals surface area contributed by atoms with Gasteiger partial charge in [0.15, 0.2) is 0 Å². The summed E-state index contributed by atoms with van der Waals surface area (Å²) in [6, 6.07) is 18.6. The van der Waals surface area contributed by atoms with Crippen molar-refractivity contribution in [2.75, 3.05) is 0 Å². The average molecular weight is 318 g/mol. The molecule has 3 nitrogen and oxygen atoms in total. The first-order valence-corrected chi connectivity index (χ1v) is 8.76. The molecule has 0 bridgehead atoms. The van der Waals surface area contributed by atoms with Gasteiger partial charge >= 0.3 is 0 Å². The number of hydrogen-bond donors (Lipinski definition) is 1. The van der Waals surface area contributed by atoms with Crippen LogP contribution in [0.3, 0.4) is 0 Å². The van der Waals surface area contributed by atoms with Gasteiger partial charge in [-0.1, -0.05) is 61.0 Å². The molecule has 3 heteroatoms. The van der Waals surface area contributed by atoms with E-state index in [1.165, 1.54) is 24.8 Å². The second-order valence-corrected chi connectivity index (χ2v) is 6.75. The third-order valence-corrected chi connectivity index (χ3v) is 5.27. The van der Waals surface area contributed by atoms with Crippen molar-refractivity contribution >= 4 is 12.1 Å². The number of aliphatic imine (C=N–C) groups is 1. The van der Waals surface area contributed by atoms with Crippen LogP contribution in [0.15, 0.2) is 59.6 Å². The van der Waals surface area contributed by atoms with Gasteiger partial charge in [0.2, 0.25) is 5.91 Å². The molecule has 1 heterocycles. The second kappa shape index (κ2) is 6.60. The molecule has 1 fully saturated rings. The number of carbonyl (C=O) groups is 1. The third-order valence-electron chi connectivity index (χ3n) is 5.27.